The van der Waals surface area contributed by atoms with Crippen LogP contribution in [-0.2, 0) is 0 Å². The van der Waals surface area contributed by atoms with Gasteiger partial charge in [-0.2, -0.15) is 5.26 Å². The van der Waals surface area contributed by atoms with E-state index >= 15 is 0 Å². The Kier molecular flexibility index (Phi) is 7.25. The predicted octanol–water partition coefficient (Wildman–Crippen LogP) is 9.09. The highest BCUT2D eigenvalue weighted by atomic mass is 14.6. The van der Waals surface area contributed by atoms with Crippen LogP contribution in [0.5, 0.6) is 0 Å². The number of hydrogen-bond donors (Lipinski definition) is 0. The number of fused-ring (bicyclic) bond motifs is 5. The molecular weight excluding hydrogens is 374 g/mol. The molecule has 31 heavy (non-hydrogen) atoms. The largest absolute Gasteiger partial charge is 0.198 e. The van der Waals surface area contributed by atoms with Crippen LogP contribution in [0, 0.1) is 57.7 Å². The second-order valence-electron chi connectivity index (χ2n) is 12.2. The number of nitriles is 1. The van der Waals surface area contributed by atoms with E-state index in [0.29, 0.717) is 16.7 Å². The van der Waals surface area contributed by atoms with Crippen molar-refractivity contribution >= 4 is 0 Å². The molecule has 5 aliphatic rings. The van der Waals surface area contributed by atoms with E-state index in [1.807, 2.05) is 19.4 Å². The molecule has 0 heterocycles. The van der Waals surface area contributed by atoms with Gasteiger partial charge in [0.05, 0.1) is 6.07 Å². The fourth-order valence-electron chi connectivity index (χ4n) is 9.39. The summed E-state index contributed by atoms with van der Waals surface area (Å²) in [6.07, 6.45) is 23.5. The van der Waals surface area contributed by atoms with Gasteiger partial charge in [0.15, 0.2) is 0 Å². The lowest BCUT2D eigenvalue weighted by atomic mass is 9.47. The molecular formula is C30H49N. The maximum Gasteiger partial charge on any atom is 0.0655 e. The average Bonchev–Trinajstić information content (AvgIpc) is 3.42. The molecule has 7 unspecified atom stereocenters. The summed E-state index contributed by atoms with van der Waals surface area (Å²) in [5, 5.41) is 9.92. The average molecular weight is 424 g/mol. The Hall–Kier alpha value is -0.770. The molecule has 0 aromatic heterocycles. The van der Waals surface area contributed by atoms with E-state index in [2.05, 4.69) is 26.0 Å². The van der Waals surface area contributed by atoms with Crippen molar-refractivity contribution in [2.75, 3.05) is 0 Å². The minimum Gasteiger partial charge on any atom is -0.198 e. The molecule has 0 radical (unpaired) electrons. The Labute approximate surface area is 193 Å². The van der Waals surface area contributed by atoms with Crippen LogP contribution in [0.1, 0.15) is 124 Å². The maximum atomic E-state index is 9.92. The maximum absolute atomic E-state index is 9.92. The highest BCUT2D eigenvalue weighted by molar-refractivity contribution is 5.24. The van der Waals surface area contributed by atoms with Crippen molar-refractivity contribution in [2.24, 2.45) is 46.3 Å². The molecule has 4 fully saturated rings. The van der Waals surface area contributed by atoms with Crippen LogP contribution in [0.2, 0.25) is 0 Å². The lowest BCUT2D eigenvalue weighted by molar-refractivity contribution is -0.0438. The van der Waals surface area contributed by atoms with Crippen LogP contribution in [-0.4, -0.2) is 0 Å². The fraction of sp³-hybridized carbons (Fsp3) is 0.900. The third-order valence-corrected chi connectivity index (χ3v) is 11.1. The van der Waals surface area contributed by atoms with Crippen LogP contribution in [0.15, 0.2) is 11.6 Å². The Balaban J connectivity index is 0.00000112. The van der Waals surface area contributed by atoms with Crippen LogP contribution in [0.25, 0.3) is 0 Å². The summed E-state index contributed by atoms with van der Waals surface area (Å²) in [4.78, 5) is 0. The summed E-state index contributed by atoms with van der Waals surface area (Å²) in [7, 11) is 0. The van der Waals surface area contributed by atoms with Gasteiger partial charge in [-0.25, -0.2) is 0 Å². The van der Waals surface area contributed by atoms with Gasteiger partial charge in [-0.3, -0.25) is 0 Å². The number of rotatable bonds is 4. The quantitative estimate of drug-likeness (QED) is 0.413. The van der Waals surface area contributed by atoms with E-state index in [1.54, 1.807) is 0 Å². The van der Waals surface area contributed by atoms with Crippen molar-refractivity contribution < 1.29 is 0 Å². The Morgan fingerprint density at radius 3 is 2.45 bits per heavy atom. The second-order valence-corrected chi connectivity index (χ2v) is 12.2. The molecule has 0 N–H and O–H groups in total. The minimum absolute atomic E-state index is 0.324. The lowest BCUT2D eigenvalue weighted by Gasteiger charge is -2.57. The molecule has 0 amide bonds. The van der Waals surface area contributed by atoms with Gasteiger partial charge < -0.3 is 0 Å². The van der Waals surface area contributed by atoms with Gasteiger partial charge in [0, 0.05) is 5.92 Å². The molecule has 5 rings (SSSR count). The molecule has 5 aliphatic carbocycles. The van der Waals surface area contributed by atoms with Crippen LogP contribution < -0.4 is 0 Å². The van der Waals surface area contributed by atoms with E-state index in [1.165, 1.54) is 96.3 Å². The smallest absolute Gasteiger partial charge is 0.0655 e. The highest BCUT2D eigenvalue weighted by Gasteiger charge is 2.58. The van der Waals surface area contributed by atoms with Crippen LogP contribution >= 0.6 is 0 Å². The van der Waals surface area contributed by atoms with E-state index in [4.69, 9.17) is 0 Å². The van der Waals surface area contributed by atoms with Crippen molar-refractivity contribution in [1.82, 2.24) is 0 Å². The molecule has 0 spiro atoms. The third kappa shape index (κ3) is 4.15. The van der Waals surface area contributed by atoms with E-state index in [9.17, 15) is 5.26 Å². The summed E-state index contributed by atoms with van der Waals surface area (Å²) in [6, 6.07) is 2.76. The fourth-order valence-corrected chi connectivity index (χ4v) is 9.39. The first-order chi connectivity index (χ1) is 15.0. The standard InChI is InChI=1S/C28H43N.C2H6/c1-27-15-6-5-9-22(27)10-12-24-25-13-11-23(28(25,2)16-14-26(24)27)18-21(19-29)17-20-7-3-4-8-20;1-2/h10,20-21,23-26H,3-9,11-18H2,1-2H3;1-2H3. The first-order valence-corrected chi connectivity index (χ1v) is 14.1. The van der Waals surface area contributed by atoms with Gasteiger partial charge in [-0.15, -0.1) is 0 Å². The van der Waals surface area contributed by atoms with Gasteiger partial charge in [0.2, 0.25) is 0 Å². The first kappa shape index (κ1) is 23.4. The molecule has 0 aliphatic heterocycles. The highest BCUT2D eigenvalue weighted by Crippen LogP contribution is 2.67. The molecule has 7 atom stereocenters. The summed E-state index contributed by atoms with van der Waals surface area (Å²) in [5.74, 6) is 4.79. The van der Waals surface area contributed by atoms with Gasteiger partial charge in [-0.05, 0) is 105 Å². The van der Waals surface area contributed by atoms with E-state index in [0.717, 1.165) is 29.6 Å². The van der Waals surface area contributed by atoms with Crippen molar-refractivity contribution in [1.29, 1.82) is 5.26 Å². The SMILES string of the molecule is CC.CC12CCCCC1=CCC1C2CCC2(C)C(CC(C#N)CC3CCCC3)CCC12. The Morgan fingerprint density at radius 1 is 0.935 bits per heavy atom. The zero-order chi connectivity index (χ0) is 22.1. The van der Waals surface area contributed by atoms with Crippen molar-refractivity contribution in [2.45, 2.75) is 124 Å². The minimum atomic E-state index is 0.324. The molecule has 1 nitrogen and oxygen atoms in total. The Morgan fingerprint density at radius 2 is 1.71 bits per heavy atom. The second kappa shape index (κ2) is 9.61. The monoisotopic (exact) mass is 423 g/mol. The van der Waals surface area contributed by atoms with Gasteiger partial charge in [-0.1, -0.05) is 71.4 Å². The third-order valence-electron chi connectivity index (χ3n) is 11.1. The molecule has 1 heteroatoms. The molecule has 0 bridgehead atoms. The summed E-state index contributed by atoms with van der Waals surface area (Å²) < 4.78 is 0. The van der Waals surface area contributed by atoms with Gasteiger partial charge in [0.25, 0.3) is 0 Å². The van der Waals surface area contributed by atoms with Crippen molar-refractivity contribution in [3.8, 4) is 6.07 Å². The van der Waals surface area contributed by atoms with E-state index in [-0.39, 0.29) is 0 Å². The summed E-state index contributed by atoms with van der Waals surface area (Å²) in [5.41, 5.74) is 2.88. The Bertz CT molecular complexity index is 679. The van der Waals surface area contributed by atoms with Gasteiger partial charge >= 0.3 is 0 Å². The van der Waals surface area contributed by atoms with Gasteiger partial charge in [0.1, 0.15) is 0 Å². The number of allylic oxidation sites excluding steroid dienone is 2. The predicted molar refractivity (Wildman–Crippen MR) is 131 cm³/mol. The number of nitrogens with zero attached hydrogens (tertiary/aromatic N) is 1. The van der Waals surface area contributed by atoms with E-state index < -0.39 is 0 Å². The molecule has 174 valence electrons. The van der Waals surface area contributed by atoms with Crippen LogP contribution in [0.3, 0.4) is 0 Å². The summed E-state index contributed by atoms with van der Waals surface area (Å²) in [6.45, 7) is 9.29. The lowest BCUT2D eigenvalue weighted by Crippen LogP contribution is -2.49. The van der Waals surface area contributed by atoms with Crippen molar-refractivity contribution in [3.63, 3.8) is 0 Å². The summed E-state index contributed by atoms with van der Waals surface area (Å²) >= 11 is 0. The molecule has 0 aromatic carbocycles. The first-order valence-electron chi connectivity index (χ1n) is 14.1. The molecule has 4 saturated carbocycles. The normalized spacial score (nSPS) is 42.9. The number of hydrogen-bond acceptors (Lipinski definition) is 1. The van der Waals surface area contributed by atoms with Crippen molar-refractivity contribution in [3.05, 3.63) is 11.6 Å². The van der Waals surface area contributed by atoms with Crippen LogP contribution in [0.4, 0.5) is 0 Å². The molecule has 0 saturated heterocycles. The topological polar surface area (TPSA) is 23.8 Å². The zero-order valence-electron chi connectivity index (χ0n) is 21.1. The molecule has 0 aromatic rings. The zero-order valence-corrected chi connectivity index (χ0v) is 21.1.